The van der Waals surface area contributed by atoms with Crippen molar-refractivity contribution in [3.63, 3.8) is 0 Å². The molecule has 116 valence electrons. The number of fused-ring (bicyclic) bond motifs is 1. The first-order chi connectivity index (χ1) is 10.6. The van der Waals surface area contributed by atoms with Gasteiger partial charge in [0, 0.05) is 13.0 Å². The maximum atomic E-state index is 11.0. The Labute approximate surface area is 126 Å². The van der Waals surface area contributed by atoms with E-state index < -0.39 is 18.3 Å². The van der Waals surface area contributed by atoms with Crippen LogP contribution in [-0.2, 0) is 13.0 Å². The zero-order valence-corrected chi connectivity index (χ0v) is 11.7. The monoisotopic (exact) mass is 304 g/mol. The number of nitrogens with zero attached hydrogens (tertiary/aromatic N) is 2. The lowest BCUT2D eigenvalue weighted by Crippen LogP contribution is -2.34. The third kappa shape index (κ3) is 2.68. The maximum absolute atomic E-state index is 11.0. The zero-order chi connectivity index (χ0) is 15.7. The second kappa shape index (κ2) is 5.78. The average Bonchev–Trinajstić information content (AvgIpc) is 2.97. The molecule has 0 saturated carbocycles. The van der Waals surface area contributed by atoms with E-state index >= 15 is 0 Å². The summed E-state index contributed by atoms with van der Waals surface area (Å²) in [6.07, 6.45) is -3.05. The summed E-state index contributed by atoms with van der Waals surface area (Å²) in [5, 5.41) is 29.4. The number of rotatable bonds is 3. The van der Waals surface area contributed by atoms with E-state index in [-0.39, 0.29) is 12.4 Å². The first-order valence-electron chi connectivity index (χ1n) is 6.93. The van der Waals surface area contributed by atoms with Gasteiger partial charge in [0.2, 0.25) is 5.89 Å². The van der Waals surface area contributed by atoms with Crippen molar-refractivity contribution in [2.75, 3.05) is 6.54 Å². The van der Waals surface area contributed by atoms with E-state index in [9.17, 15) is 15.0 Å². The van der Waals surface area contributed by atoms with Crippen molar-refractivity contribution < 1.29 is 24.5 Å². The van der Waals surface area contributed by atoms with E-state index in [0.717, 1.165) is 0 Å². The Morgan fingerprint density at radius 3 is 2.64 bits per heavy atom. The fourth-order valence-electron chi connectivity index (χ4n) is 2.47. The molecule has 2 aromatic rings. The van der Waals surface area contributed by atoms with Crippen molar-refractivity contribution in [1.29, 1.82) is 0 Å². The Morgan fingerprint density at radius 2 is 1.95 bits per heavy atom. The standard InChI is InChI=1S/C15H16N2O5/c18-12(9-4-2-1-3-5-9)13(19)14-16-10-6-7-17(15(20)21)8-11(10)22-14/h1-5,12-13,18-19H,6-8H2,(H,20,21). The molecule has 1 aliphatic rings. The number of aliphatic hydroxyl groups excluding tert-OH is 2. The fourth-order valence-corrected chi connectivity index (χ4v) is 2.47. The lowest BCUT2D eigenvalue weighted by Gasteiger charge is -2.21. The summed E-state index contributed by atoms with van der Waals surface area (Å²) in [6, 6.07) is 8.73. The van der Waals surface area contributed by atoms with Crippen molar-refractivity contribution in [2.24, 2.45) is 0 Å². The minimum Gasteiger partial charge on any atom is -0.465 e. The summed E-state index contributed by atoms with van der Waals surface area (Å²) in [6.45, 7) is 0.442. The number of carboxylic acid groups (broad SMARTS) is 1. The zero-order valence-electron chi connectivity index (χ0n) is 11.7. The smallest absolute Gasteiger partial charge is 0.407 e. The molecule has 3 N–H and O–H groups in total. The summed E-state index contributed by atoms with van der Waals surface area (Å²) in [7, 11) is 0. The number of benzene rings is 1. The van der Waals surface area contributed by atoms with Crippen LogP contribution in [0.4, 0.5) is 4.79 Å². The predicted octanol–water partition coefficient (Wildman–Crippen LogP) is 1.48. The molecule has 7 heteroatoms. The predicted molar refractivity (Wildman–Crippen MR) is 75.0 cm³/mol. The van der Waals surface area contributed by atoms with Gasteiger partial charge in [0.25, 0.3) is 0 Å². The van der Waals surface area contributed by atoms with E-state index in [1.165, 1.54) is 4.90 Å². The lowest BCUT2D eigenvalue weighted by atomic mass is 10.0. The highest BCUT2D eigenvalue weighted by Gasteiger charge is 2.30. The van der Waals surface area contributed by atoms with E-state index in [4.69, 9.17) is 9.52 Å². The fraction of sp³-hybridized carbons (Fsp3) is 0.333. The molecule has 2 atom stereocenters. The summed E-state index contributed by atoms with van der Waals surface area (Å²) < 4.78 is 5.46. The van der Waals surface area contributed by atoms with Crippen LogP contribution in [-0.4, -0.2) is 37.8 Å². The highest BCUT2D eigenvalue weighted by molar-refractivity contribution is 5.65. The first-order valence-corrected chi connectivity index (χ1v) is 6.93. The Hall–Kier alpha value is -2.38. The van der Waals surface area contributed by atoms with Crippen LogP contribution in [0.25, 0.3) is 0 Å². The molecule has 1 amide bonds. The second-order valence-corrected chi connectivity index (χ2v) is 5.18. The molecule has 1 aromatic heterocycles. The molecule has 1 aliphatic heterocycles. The maximum Gasteiger partial charge on any atom is 0.407 e. The number of hydrogen-bond acceptors (Lipinski definition) is 5. The van der Waals surface area contributed by atoms with Crippen LogP contribution in [0.5, 0.6) is 0 Å². The summed E-state index contributed by atoms with van der Waals surface area (Å²) in [5.74, 6) is 0.427. The normalized spacial score (nSPS) is 16.9. The van der Waals surface area contributed by atoms with Gasteiger partial charge in [0.15, 0.2) is 6.10 Å². The molecule has 2 unspecified atom stereocenters. The van der Waals surface area contributed by atoms with E-state index in [1.807, 2.05) is 6.07 Å². The van der Waals surface area contributed by atoms with Gasteiger partial charge in [-0.3, -0.25) is 0 Å². The molecule has 3 rings (SSSR count). The van der Waals surface area contributed by atoms with Crippen molar-refractivity contribution in [3.05, 3.63) is 53.2 Å². The van der Waals surface area contributed by atoms with Crippen molar-refractivity contribution in [1.82, 2.24) is 9.88 Å². The van der Waals surface area contributed by atoms with Crippen LogP contribution in [0, 0.1) is 0 Å². The molecule has 0 saturated heterocycles. The third-order valence-corrected chi connectivity index (χ3v) is 3.71. The van der Waals surface area contributed by atoms with E-state index in [1.54, 1.807) is 24.3 Å². The van der Waals surface area contributed by atoms with Gasteiger partial charge in [-0.1, -0.05) is 30.3 Å². The van der Waals surface area contributed by atoms with E-state index in [2.05, 4.69) is 4.98 Å². The largest absolute Gasteiger partial charge is 0.465 e. The molecule has 2 heterocycles. The average molecular weight is 304 g/mol. The number of carbonyl (C=O) groups is 1. The van der Waals surface area contributed by atoms with Gasteiger partial charge < -0.3 is 24.6 Å². The molecule has 0 bridgehead atoms. The Morgan fingerprint density at radius 1 is 1.23 bits per heavy atom. The van der Waals surface area contributed by atoms with Gasteiger partial charge in [-0.15, -0.1) is 0 Å². The number of aromatic nitrogens is 1. The van der Waals surface area contributed by atoms with Crippen molar-refractivity contribution in [2.45, 2.75) is 25.2 Å². The van der Waals surface area contributed by atoms with Crippen molar-refractivity contribution in [3.8, 4) is 0 Å². The molecule has 0 fully saturated rings. The highest BCUT2D eigenvalue weighted by Crippen LogP contribution is 2.30. The van der Waals surface area contributed by atoms with Crippen molar-refractivity contribution >= 4 is 6.09 Å². The van der Waals surface area contributed by atoms with Gasteiger partial charge >= 0.3 is 6.09 Å². The molecule has 0 radical (unpaired) electrons. The Balaban J connectivity index is 1.80. The topological polar surface area (TPSA) is 107 Å². The number of oxazole rings is 1. The second-order valence-electron chi connectivity index (χ2n) is 5.18. The lowest BCUT2D eigenvalue weighted by molar-refractivity contribution is -0.0000607. The van der Waals surface area contributed by atoms with Crippen LogP contribution >= 0.6 is 0 Å². The van der Waals surface area contributed by atoms with Gasteiger partial charge in [-0.05, 0) is 5.56 Å². The first kappa shape index (κ1) is 14.6. The van der Waals surface area contributed by atoms with E-state index in [0.29, 0.717) is 30.0 Å². The molecular formula is C15H16N2O5. The third-order valence-electron chi connectivity index (χ3n) is 3.71. The van der Waals surface area contributed by atoms with Gasteiger partial charge in [-0.25, -0.2) is 9.78 Å². The van der Waals surface area contributed by atoms with Crippen LogP contribution in [0.2, 0.25) is 0 Å². The molecule has 0 aliphatic carbocycles. The Kier molecular flexibility index (Phi) is 3.82. The molecular weight excluding hydrogens is 288 g/mol. The van der Waals surface area contributed by atoms with Crippen LogP contribution in [0.3, 0.4) is 0 Å². The minimum absolute atomic E-state index is 0.00796. The highest BCUT2D eigenvalue weighted by atomic mass is 16.4. The summed E-state index contributed by atoms with van der Waals surface area (Å²) >= 11 is 0. The summed E-state index contributed by atoms with van der Waals surface area (Å²) in [4.78, 5) is 16.4. The number of aliphatic hydroxyl groups is 2. The summed E-state index contributed by atoms with van der Waals surface area (Å²) in [5.41, 5.74) is 1.19. The van der Waals surface area contributed by atoms with Gasteiger partial charge in [0.1, 0.15) is 11.9 Å². The quantitative estimate of drug-likeness (QED) is 0.793. The van der Waals surface area contributed by atoms with Crippen LogP contribution in [0.15, 0.2) is 34.7 Å². The van der Waals surface area contributed by atoms with Gasteiger partial charge in [-0.2, -0.15) is 0 Å². The Bertz CT molecular complexity index is 670. The van der Waals surface area contributed by atoms with Gasteiger partial charge in [0.05, 0.1) is 12.2 Å². The molecule has 22 heavy (non-hydrogen) atoms. The molecule has 1 aromatic carbocycles. The number of amides is 1. The number of hydrogen-bond donors (Lipinski definition) is 3. The minimum atomic E-state index is -1.30. The van der Waals surface area contributed by atoms with Crippen LogP contribution in [0.1, 0.15) is 35.1 Å². The van der Waals surface area contributed by atoms with Crippen LogP contribution < -0.4 is 0 Å². The molecule has 0 spiro atoms. The molecule has 7 nitrogen and oxygen atoms in total. The SMILES string of the molecule is O=C(O)N1CCc2nc(C(O)C(O)c3ccccc3)oc2C1.